The number of nitrogens with one attached hydrogen (secondary N) is 1. The molecule has 0 aromatic carbocycles. The van der Waals surface area contributed by atoms with E-state index in [9.17, 15) is 18.0 Å². The molecule has 0 saturated carbocycles. The van der Waals surface area contributed by atoms with Gasteiger partial charge in [0.1, 0.15) is 0 Å². The third kappa shape index (κ3) is 8.23. The van der Waals surface area contributed by atoms with Crippen molar-refractivity contribution in [3.05, 3.63) is 0 Å². The molecule has 0 fully saturated rings. The Hall–Kier alpha value is -0.780. The van der Waals surface area contributed by atoms with Crippen LogP contribution in [-0.2, 0) is 4.79 Å². The monoisotopic (exact) mass is 226 g/mol. The Morgan fingerprint density at radius 2 is 2.00 bits per heavy atom. The van der Waals surface area contributed by atoms with Crippen LogP contribution in [0.15, 0.2) is 0 Å². The maximum Gasteiger partial charge on any atom is 0.390 e. The zero-order valence-electron chi connectivity index (χ0n) is 9.02. The minimum atomic E-state index is -4.19. The maximum atomic E-state index is 11.8. The number of nitrogens with zero attached hydrogens (tertiary/aromatic N) is 1. The number of carbonyl (C=O) groups is 1. The van der Waals surface area contributed by atoms with Gasteiger partial charge in [-0.2, -0.15) is 13.2 Å². The van der Waals surface area contributed by atoms with E-state index in [-0.39, 0.29) is 18.9 Å². The van der Waals surface area contributed by atoms with E-state index in [1.807, 2.05) is 0 Å². The number of rotatable bonds is 6. The van der Waals surface area contributed by atoms with Crippen LogP contribution in [0.1, 0.15) is 19.3 Å². The molecule has 15 heavy (non-hydrogen) atoms. The van der Waals surface area contributed by atoms with Crippen molar-refractivity contribution in [3.63, 3.8) is 0 Å². The van der Waals surface area contributed by atoms with Crippen molar-refractivity contribution in [2.75, 3.05) is 27.2 Å². The van der Waals surface area contributed by atoms with Crippen molar-refractivity contribution in [3.8, 4) is 0 Å². The van der Waals surface area contributed by atoms with E-state index < -0.39 is 12.6 Å². The molecule has 0 rings (SSSR count). The molecule has 0 heterocycles. The molecule has 0 aliphatic carbocycles. The van der Waals surface area contributed by atoms with Crippen molar-refractivity contribution >= 4 is 5.91 Å². The summed E-state index contributed by atoms with van der Waals surface area (Å²) in [6, 6.07) is 0. The van der Waals surface area contributed by atoms with Gasteiger partial charge in [0.05, 0.1) is 6.42 Å². The largest absolute Gasteiger partial charge is 0.390 e. The molecular weight excluding hydrogens is 209 g/mol. The van der Waals surface area contributed by atoms with Gasteiger partial charge in [-0.05, 0) is 20.0 Å². The highest BCUT2D eigenvalue weighted by molar-refractivity contribution is 5.75. The molecule has 6 heteroatoms. The van der Waals surface area contributed by atoms with Gasteiger partial charge in [-0.3, -0.25) is 4.79 Å². The standard InChI is InChI=1S/C9H17F3N2O/c1-13-6-3-4-8(15)14(2)7-5-9(10,11)12/h13H,3-7H2,1-2H3. The Bertz CT molecular complexity index is 194. The lowest BCUT2D eigenvalue weighted by Crippen LogP contribution is -2.30. The molecule has 0 unspecified atom stereocenters. The summed E-state index contributed by atoms with van der Waals surface area (Å²) in [6.45, 7) is 0.431. The lowest BCUT2D eigenvalue weighted by Gasteiger charge is -2.17. The van der Waals surface area contributed by atoms with Gasteiger partial charge in [0, 0.05) is 20.0 Å². The molecule has 0 bridgehead atoms. The normalized spacial score (nSPS) is 11.5. The van der Waals surface area contributed by atoms with Gasteiger partial charge in [-0.1, -0.05) is 0 Å². The number of halogens is 3. The van der Waals surface area contributed by atoms with E-state index in [4.69, 9.17) is 0 Å². The van der Waals surface area contributed by atoms with Crippen LogP contribution in [0.4, 0.5) is 13.2 Å². The zero-order chi connectivity index (χ0) is 11.9. The summed E-state index contributed by atoms with van der Waals surface area (Å²) >= 11 is 0. The van der Waals surface area contributed by atoms with Crippen LogP contribution in [0, 0.1) is 0 Å². The van der Waals surface area contributed by atoms with Crippen molar-refractivity contribution in [2.24, 2.45) is 0 Å². The van der Waals surface area contributed by atoms with Crippen molar-refractivity contribution < 1.29 is 18.0 Å². The quantitative estimate of drug-likeness (QED) is 0.694. The molecule has 90 valence electrons. The van der Waals surface area contributed by atoms with Gasteiger partial charge in [0.25, 0.3) is 0 Å². The van der Waals surface area contributed by atoms with Gasteiger partial charge in [-0.15, -0.1) is 0 Å². The fourth-order valence-corrected chi connectivity index (χ4v) is 1.03. The first-order valence-corrected chi connectivity index (χ1v) is 4.82. The van der Waals surface area contributed by atoms with E-state index in [0.29, 0.717) is 13.0 Å². The summed E-state index contributed by atoms with van der Waals surface area (Å²) in [4.78, 5) is 12.4. The number of carbonyl (C=O) groups excluding carboxylic acids is 1. The third-order valence-corrected chi connectivity index (χ3v) is 1.97. The SMILES string of the molecule is CNCCCC(=O)N(C)CCC(F)(F)F. The van der Waals surface area contributed by atoms with Gasteiger partial charge in [0.2, 0.25) is 5.91 Å². The topological polar surface area (TPSA) is 32.3 Å². The molecule has 0 aromatic heterocycles. The lowest BCUT2D eigenvalue weighted by atomic mass is 10.2. The zero-order valence-corrected chi connectivity index (χ0v) is 9.02. The molecule has 0 saturated heterocycles. The molecule has 0 aliphatic heterocycles. The van der Waals surface area contributed by atoms with E-state index in [1.165, 1.54) is 7.05 Å². The third-order valence-electron chi connectivity index (χ3n) is 1.97. The van der Waals surface area contributed by atoms with E-state index in [0.717, 1.165) is 4.90 Å². The first-order chi connectivity index (χ1) is 6.87. The van der Waals surface area contributed by atoms with Crippen molar-refractivity contribution in [2.45, 2.75) is 25.4 Å². The molecule has 0 atom stereocenters. The highest BCUT2D eigenvalue weighted by Gasteiger charge is 2.27. The lowest BCUT2D eigenvalue weighted by molar-refractivity contribution is -0.144. The summed E-state index contributed by atoms with van der Waals surface area (Å²) in [5.74, 6) is -0.241. The number of hydrogen-bond acceptors (Lipinski definition) is 2. The second kappa shape index (κ2) is 6.66. The predicted octanol–water partition coefficient (Wildman–Crippen LogP) is 1.40. The minimum absolute atomic E-state index is 0.241. The summed E-state index contributed by atoms with van der Waals surface area (Å²) in [6.07, 6.45) is -4.21. The Labute approximate surface area is 87.6 Å². The fraction of sp³-hybridized carbons (Fsp3) is 0.889. The summed E-state index contributed by atoms with van der Waals surface area (Å²) in [7, 11) is 3.16. The maximum absolute atomic E-state index is 11.8. The Balaban J connectivity index is 3.70. The summed E-state index contributed by atoms with van der Waals surface area (Å²) < 4.78 is 35.5. The highest BCUT2D eigenvalue weighted by atomic mass is 19.4. The van der Waals surface area contributed by atoms with Crippen molar-refractivity contribution in [1.82, 2.24) is 10.2 Å². The molecule has 0 aliphatic rings. The average Bonchev–Trinajstić information content (AvgIpc) is 2.13. The molecular formula is C9H17F3N2O. The molecule has 0 radical (unpaired) electrons. The number of alkyl halides is 3. The second-order valence-electron chi connectivity index (χ2n) is 3.39. The second-order valence-corrected chi connectivity index (χ2v) is 3.39. The van der Waals surface area contributed by atoms with Crippen LogP contribution in [0.2, 0.25) is 0 Å². The Kier molecular flexibility index (Phi) is 6.31. The minimum Gasteiger partial charge on any atom is -0.345 e. The van der Waals surface area contributed by atoms with E-state index >= 15 is 0 Å². The van der Waals surface area contributed by atoms with Crippen LogP contribution < -0.4 is 5.32 Å². The Morgan fingerprint density at radius 1 is 1.40 bits per heavy atom. The molecule has 0 aromatic rings. The van der Waals surface area contributed by atoms with E-state index in [2.05, 4.69) is 5.32 Å². The van der Waals surface area contributed by atoms with Gasteiger partial charge < -0.3 is 10.2 Å². The smallest absolute Gasteiger partial charge is 0.345 e. The molecule has 3 nitrogen and oxygen atoms in total. The molecule has 1 amide bonds. The van der Waals surface area contributed by atoms with Crippen LogP contribution in [-0.4, -0.2) is 44.2 Å². The Morgan fingerprint density at radius 3 is 2.47 bits per heavy atom. The number of amides is 1. The summed E-state index contributed by atoms with van der Waals surface area (Å²) in [5.41, 5.74) is 0. The van der Waals surface area contributed by atoms with Gasteiger partial charge in [-0.25, -0.2) is 0 Å². The van der Waals surface area contributed by atoms with Gasteiger partial charge in [0.15, 0.2) is 0 Å². The van der Waals surface area contributed by atoms with Crippen LogP contribution in [0.5, 0.6) is 0 Å². The average molecular weight is 226 g/mol. The van der Waals surface area contributed by atoms with E-state index in [1.54, 1.807) is 7.05 Å². The van der Waals surface area contributed by atoms with Crippen molar-refractivity contribution in [1.29, 1.82) is 0 Å². The molecule has 0 spiro atoms. The highest BCUT2D eigenvalue weighted by Crippen LogP contribution is 2.19. The fourth-order valence-electron chi connectivity index (χ4n) is 1.03. The van der Waals surface area contributed by atoms with Crippen LogP contribution in [0.3, 0.4) is 0 Å². The van der Waals surface area contributed by atoms with Crippen LogP contribution >= 0.6 is 0 Å². The first kappa shape index (κ1) is 14.2. The van der Waals surface area contributed by atoms with Crippen LogP contribution in [0.25, 0.3) is 0 Å². The summed E-state index contributed by atoms with van der Waals surface area (Å²) in [5, 5.41) is 2.87. The number of hydrogen-bond donors (Lipinski definition) is 1. The first-order valence-electron chi connectivity index (χ1n) is 4.82. The predicted molar refractivity (Wildman–Crippen MR) is 51.5 cm³/mol. The van der Waals surface area contributed by atoms with Gasteiger partial charge >= 0.3 is 6.18 Å². The molecule has 1 N–H and O–H groups in total.